The van der Waals surface area contributed by atoms with Crippen LogP contribution in [0.3, 0.4) is 0 Å². The molecule has 6 nitrogen and oxygen atoms in total. The first-order valence-corrected chi connectivity index (χ1v) is 31.4. The average Bonchev–Trinajstić information content (AvgIpc) is 3.39. The number of ether oxygens (including phenoxy) is 3. The summed E-state index contributed by atoms with van der Waals surface area (Å²) in [6, 6.07) is 0. The first-order valence-electron chi connectivity index (χ1n) is 31.4. The van der Waals surface area contributed by atoms with Crippen molar-refractivity contribution < 1.29 is 28.6 Å². The Kier molecular flexibility index (Phi) is 58.7. The Hall–Kier alpha value is -3.15. The van der Waals surface area contributed by atoms with Crippen LogP contribution < -0.4 is 0 Å². The molecule has 0 aliphatic rings. The van der Waals surface area contributed by atoms with Gasteiger partial charge < -0.3 is 14.2 Å². The molecule has 0 bridgehead atoms. The SMILES string of the molecule is CC/C=C\C/C=C\C/C=C\C/C=C\CCCCCCCCCCC(=O)OCC(COC(=O)CCCCCCCCCCCCCCCCCC)OC(=O)CCCCCCCCC/C=C\C/C=C\CCCCCC. The summed E-state index contributed by atoms with van der Waals surface area (Å²) in [5, 5.41) is 0. The van der Waals surface area contributed by atoms with E-state index in [9.17, 15) is 14.4 Å². The van der Waals surface area contributed by atoms with Crippen molar-refractivity contribution >= 4 is 17.9 Å². The highest BCUT2D eigenvalue weighted by Gasteiger charge is 2.19. The maximum atomic E-state index is 12.9. The van der Waals surface area contributed by atoms with Crippen LogP contribution in [0.4, 0.5) is 0 Å². The fourth-order valence-electron chi connectivity index (χ4n) is 9.00. The van der Waals surface area contributed by atoms with Gasteiger partial charge in [0.2, 0.25) is 0 Å². The monoisotopic (exact) mass is 1020 g/mol. The summed E-state index contributed by atoms with van der Waals surface area (Å²) >= 11 is 0. The molecule has 0 fully saturated rings. The number of esters is 3. The van der Waals surface area contributed by atoms with E-state index >= 15 is 0 Å². The third-order valence-corrected chi connectivity index (χ3v) is 13.7. The first kappa shape index (κ1) is 69.8. The molecule has 0 rings (SSSR count). The number of carbonyl (C=O) groups excluding carboxylic acids is 3. The van der Waals surface area contributed by atoms with Gasteiger partial charge in [-0.25, -0.2) is 0 Å². The third-order valence-electron chi connectivity index (χ3n) is 13.7. The predicted molar refractivity (Wildman–Crippen MR) is 316 cm³/mol. The zero-order chi connectivity index (χ0) is 52.9. The lowest BCUT2D eigenvalue weighted by molar-refractivity contribution is -0.167. The number of hydrogen-bond acceptors (Lipinski definition) is 6. The van der Waals surface area contributed by atoms with Gasteiger partial charge in [0, 0.05) is 19.3 Å². The first-order chi connectivity index (χ1) is 36.0. The lowest BCUT2D eigenvalue weighted by atomic mass is 10.0. The van der Waals surface area contributed by atoms with Gasteiger partial charge in [0.15, 0.2) is 6.10 Å². The van der Waals surface area contributed by atoms with Crippen molar-refractivity contribution in [1.82, 2.24) is 0 Å². The highest BCUT2D eigenvalue weighted by molar-refractivity contribution is 5.71. The van der Waals surface area contributed by atoms with Crippen molar-refractivity contribution in [3.05, 3.63) is 72.9 Å². The predicted octanol–water partition coefficient (Wildman–Crippen LogP) is 21.3. The zero-order valence-electron chi connectivity index (χ0n) is 48.4. The molecule has 6 heteroatoms. The summed E-state index contributed by atoms with van der Waals surface area (Å²) in [7, 11) is 0. The number of carbonyl (C=O) groups is 3. The van der Waals surface area contributed by atoms with Gasteiger partial charge in [-0.3, -0.25) is 14.4 Å². The zero-order valence-corrected chi connectivity index (χ0v) is 48.4. The molecule has 0 aliphatic carbocycles. The van der Waals surface area contributed by atoms with E-state index < -0.39 is 6.10 Å². The molecule has 0 amide bonds. The van der Waals surface area contributed by atoms with E-state index in [-0.39, 0.29) is 31.1 Å². The van der Waals surface area contributed by atoms with Gasteiger partial charge in [0.1, 0.15) is 13.2 Å². The third kappa shape index (κ3) is 59.6. The maximum Gasteiger partial charge on any atom is 0.306 e. The van der Waals surface area contributed by atoms with Gasteiger partial charge in [-0.05, 0) is 89.9 Å². The van der Waals surface area contributed by atoms with Crippen LogP contribution in [-0.4, -0.2) is 37.2 Å². The van der Waals surface area contributed by atoms with E-state index in [0.717, 1.165) is 103 Å². The number of hydrogen-bond donors (Lipinski definition) is 0. The number of unbranched alkanes of at least 4 members (excludes halogenated alkanes) is 34. The van der Waals surface area contributed by atoms with Crippen molar-refractivity contribution in [3.8, 4) is 0 Å². The quantitative estimate of drug-likeness (QED) is 0.0261. The van der Waals surface area contributed by atoms with Crippen LogP contribution in [0.2, 0.25) is 0 Å². The molecule has 0 saturated heterocycles. The molecular weight excluding hydrogens is 901 g/mol. The van der Waals surface area contributed by atoms with Crippen LogP contribution >= 0.6 is 0 Å². The highest BCUT2D eigenvalue weighted by atomic mass is 16.6. The Morgan fingerprint density at radius 2 is 0.534 bits per heavy atom. The molecule has 0 radical (unpaired) electrons. The molecule has 422 valence electrons. The van der Waals surface area contributed by atoms with E-state index in [4.69, 9.17) is 14.2 Å². The van der Waals surface area contributed by atoms with Crippen molar-refractivity contribution in [2.45, 2.75) is 322 Å². The van der Waals surface area contributed by atoms with Crippen LogP contribution in [0.5, 0.6) is 0 Å². The summed E-state index contributed by atoms with van der Waals surface area (Å²) < 4.78 is 16.9. The largest absolute Gasteiger partial charge is 0.462 e. The van der Waals surface area contributed by atoms with Crippen LogP contribution in [0, 0.1) is 0 Å². The van der Waals surface area contributed by atoms with Crippen molar-refractivity contribution in [2.24, 2.45) is 0 Å². The minimum Gasteiger partial charge on any atom is -0.462 e. The van der Waals surface area contributed by atoms with Gasteiger partial charge >= 0.3 is 17.9 Å². The second-order valence-electron chi connectivity index (χ2n) is 20.9. The van der Waals surface area contributed by atoms with Gasteiger partial charge in [0.05, 0.1) is 0 Å². The average molecular weight is 1020 g/mol. The van der Waals surface area contributed by atoms with E-state index in [1.165, 1.54) is 173 Å². The molecule has 0 spiro atoms. The highest BCUT2D eigenvalue weighted by Crippen LogP contribution is 2.17. The Morgan fingerprint density at radius 1 is 0.288 bits per heavy atom. The molecule has 0 aromatic carbocycles. The molecule has 73 heavy (non-hydrogen) atoms. The number of allylic oxidation sites excluding steroid dienone is 12. The summed E-state index contributed by atoms with van der Waals surface area (Å²) in [4.78, 5) is 38.3. The lowest BCUT2D eigenvalue weighted by Crippen LogP contribution is -2.30. The minimum absolute atomic E-state index is 0.0782. The van der Waals surface area contributed by atoms with E-state index in [1.807, 2.05) is 0 Å². The smallest absolute Gasteiger partial charge is 0.306 e. The molecule has 1 atom stereocenters. The summed E-state index contributed by atoms with van der Waals surface area (Å²) in [5.41, 5.74) is 0. The van der Waals surface area contributed by atoms with Crippen molar-refractivity contribution in [1.29, 1.82) is 0 Å². The van der Waals surface area contributed by atoms with Gasteiger partial charge in [-0.15, -0.1) is 0 Å². The van der Waals surface area contributed by atoms with E-state index in [1.54, 1.807) is 0 Å². The molecule has 1 unspecified atom stereocenters. The molecule has 0 N–H and O–H groups in total. The Bertz CT molecular complexity index is 1360. The maximum absolute atomic E-state index is 12.9. The van der Waals surface area contributed by atoms with E-state index in [2.05, 4.69) is 93.7 Å². The van der Waals surface area contributed by atoms with Crippen LogP contribution in [0.25, 0.3) is 0 Å². The topological polar surface area (TPSA) is 78.9 Å². The molecule has 0 saturated carbocycles. The van der Waals surface area contributed by atoms with Gasteiger partial charge in [0.25, 0.3) is 0 Å². The number of rotatable bonds is 57. The Balaban J connectivity index is 4.38. The Morgan fingerprint density at radius 3 is 0.849 bits per heavy atom. The fourth-order valence-corrected chi connectivity index (χ4v) is 9.00. The molecule has 0 aliphatic heterocycles. The summed E-state index contributed by atoms with van der Waals surface area (Å²) in [6.07, 6.45) is 78.9. The van der Waals surface area contributed by atoms with E-state index in [0.29, 0.717) is 19.3 Å². The standard InChI is InChI=1S/C67H118O6/c1-4-7-10-13-16-19-22-25-28-31-33-34-35-37-39-42-45-48-51-54-57-60-66(69)72-63-64(62-71-65(68)59-56-53-50-47-44-41-38-30-27-24-21-18-15-12-9-6-3)73-67(70)61-58-55-52-49-46-43-40-36-32-29-26-23-20-17-14-11-8-5-2/h7,10,16,19-20,23,25,28-29,32-34,64H,4-6,8-9,11-15,17-18,21-22,24,26-27,30-31,35-63H2,1-3H3/b10-7-,19-16-,23-20-,28-25-,32-29-,34-33-. The molecule has 0 aromatic rings. The second kappa shape index (κ2) is 61.4. The summed E-state index contributed by atoms with van der Waals surface area (Å²) in [5.74, 6) is -0.879. The van der Waals surface area contributed by atoms with Crippen LogP contribution in [0.1, 0.15) is 316 Å². The minimum atomic E-state index is -0.783. The van der Waals surface area contributed by atoms with Crippen LogP contribution in [-0.2, 0) is 28.6 Å². The lowest BCUT2D eigenvalue weighted by Gasteiger charge is -2.18. The normalized spacial score (nSPS) is 12.5. The second-order valence-corrected chi connectivity index (χ2v) is 20.9. The molecule has 0 heterocycles. The van der Waals surface area contributed by atoms with Crippen molar-refractivity contribution in [2.75, 3.05) is 13.2 Å². The Labute approximate surface area is 453 Å². The van der Waals surface area contributed by atoms with Gasteiger partial charge in [-0.2, -0.15) is 0 Å². The van der Waals surface area contributed by atoms with Crippen LogP contribution in [0.15, 0.2) is 72.9 Å². The fraction of sp³-hybridized carbons (Fsp3) is 0.776. The molecular formula is C67H118O6. The van der Waals surface area contributed by atoms with Crippen molar-refractivity contribution in [3.63, 3.8) is 0 Å². The van der Waals surface area contributed by atoms with Gasteiger partial charge in [-0.1, -0.05) is 280 Å². The molecule has 0 aromatic heterocycles. The summed E-state index contributed by atoms with van der Waals surface area (Å²) in [6.45, 7) is 6.54.